The van der Waals surface area contributed by atoms with Crippen LogP contribution in [-0.2, 0) is 0 Å². The van der Waals surface area contributed by atoms with Crippen LogP contribution in [0.2, 0.25) is 0 Å². The topological polar surface area (TPSA) is 4.93 Å². The lowest BCUT2D eigenvalue weighted by Gasteiger charge is -2.09. The first-order valence-corrected chi connectivity index (χ1v) is 8.56. The lowest BCUT2D eigenvalue weighted by Crippen LogP contribution is -1.93. The number of hydrogen-bond acceptors (Lipinski definition) is 0. The van der Waals surface area contributed by atoms with E-state index in [4.69, 9.17) is 15.1 Å². The predicted octanol–water partition coefficient (Wildman–Crippen LogP) is 7.21. The van der Waals surface area contributed by atoms with Crippen LogP contribution in [0.3, 0.4) is 0 Å². The van der Waals surface area contributed by atoms with Crippen molar-refractivity contribution in [1.29, 1.82) is 0 Å². The first-order valence-electron chi connectivity index (χ1n) is 13.3. The molecule has 5 aromatic rings. The lowest BCUT2D eigenvalue weighted by molar-refractivity contribution is 1.18. The molecule has 4 aromatic carbocycles. The van der Waals surface area contributed by atoms with Crippen molar-refractivity contribution in [3.8, 4) is 16.8 Å². The minimum Gasteiger partial charge on any atom is -0.309 e. The molecule has 0 radical (unpaired) electrons. The van der Waals surface area contributed by atoms with Crippen LogP contribution in [0.25, 0.3) is 38.6 Å². The van der Waals surface area contributed by atoms with Gasteiger partial charge in [-0.25, -0.2) is 0 Å². The van der Waals surface area contributed by atoms with Crippen LogP contribution < -0.4 is 0 Å². The van der Waals surface area contributed by atoms with E-state index >= 15 is 0 Å². The Morgan fingerprint density at radius 1 is 0.692 bits per heavy atom. The monoisotopic (exact) mass is 408 g/mol. The Balaban J connectivity index is 2.18. The molecule has 26 heavy (non-hydrogen) atoms. The van der Waals surface area contributed by atoms with Crippen LogP contribution in [0.15, 0.2) is 101 Å². The van der Waals surface area contributed by atoms with Gasteiger partial charge in [-0.3, -0.25) is 0 Å². The Bertz CT molecular complexity index is 1770. The van der Waals surface area contributed by atoms with Crippen molar-refractivity contribution in [3.05, 3.63) is 101 Å². The fourth-order valence-electron chi connectivity index (χ4n) is 2.91. The molecule has 0 N–H and O–H groups in total. The van der Waals surface area contributed by atoms with E-state index < -0.39 is 30.2 Å². The molecule has 0 aliphatic carbocycles. The average molecular weight is 409 g/mol. The molecule has 1 nitrogen and oxygen atoms in total. The Morgan fingerprint density at radius 3 is 2.15 bits per heavy atom. The van der Waals surface area contributed by atoms with Crippen molar-refractivity contribution in [3.63, 3.8) is 0 Å². The number of halogens is 1. The van der Waals surface area contributed by atoms with E-state index in [1.54, 1.807) is 30.3 Å². The number of benzene rings is 4. The minimum absolute atomic E-state index is 0.0612. The van der Waals surface area contributed by atoms with Gasteiger partial charge >= 0.3 is 0 Å². The van der Waals surface area contributed by atoms with Crippen LogP contribution in [0.4, 0.5) is 0 Å². The van der Waals surface area contributed by atoms with Gasteiger partial charge in [-0.15, -0.1) is 0 Å². The highest BCUT2D eigenvalue weighted by atomic mass is 79.9. The van der Waals surface area contributed by atoms with Crippen molar-refractivity contribution in [2.24, 2.45) is 0 Å². The number of aromatic nitrogens is 1. The van der Waals surface area contributed by atoms with Crippen LogP contribution in [0.5, 0.6) is 0 Å². The molecule has 124 valence electrons. The molecule has 0 spiro atoms. The number of nitrogens with zero attached hydrogens (tertiary/aromatic N) is 1. The molecule has 2 heteroatoms. The second-order valence-corrected chi connectivity index (χ2v) is 6.35. The summed E-state index contributed by atoms with van der Waals surface area (Å²) < 4.78 is 94.9. The quantitative estimate of drug-likeness (QED) is 0.290. The summed E-state index contributed by atoms with van der Waals surface area (Å²) >= 11 is 3.16. The predicted molar refractivity (Wildman–Crippen MR) is 114 cm³/mol. The normalized spacial score (nSPS) is 17.2. The van der Waals surface area contributed by atoms with E-state index in [0.29, 0.717) is 5.56 Å². The third-order valence-electron chi connectivity index (χ3n) is 4.02. The largest absolute Gasteiger partial charge is 0.309 e. The van der Waals surface area contributed by atoms with E-state index in [9.17, 15) is 0 Å². The summed E-state index contributed by atoms with van der Waals surface area (Å²) in [5.41, 5.74) is -0.00265. The van der Waals surface area contributed by atoms with Crippen molar-refractivity contribution in [1.82, 2.24) is 4.57 Å². The standard InChI is InChI=1S/C24H16BrN/c25-19-12-14-22-21-13-11-18(17-7-3-1-4-8-17)15-23(21)26(24(22)16-19)20-9-5-2-6-10-20/h1-16H/i2D,5D,6D,9D,10D,11D,12D,13D,14D,15D,16D. The van der Waals surface area contributed by atoms with Gasteiger partial charge in [0.1, 0.15) is 0 Å². The minimum atomic E-state index is -0.627. The van der Waals surface area contributed by atoms with E-state index in [1.807, 2.05) is 0 Å². The summed E-state index contributed by atoms with van der Waals surface area (Å²) in [5.74, 6) is 0. The van der Waals surface area contributed by atoms with Gasteiger partial charge in [0.25, 0.3) is 0 Å². The molecular weight excluding hydrogens is 382 g/mol. The number of fused-ring (bicyclic) bond motifs is 3. The Kier molecular flexibility index (Phi) is 1.85. The van der Waals surface area contributed by atoms with Crippen molar-refractivity contribution in [2.45, 2.75) is 0 Å². The molecule has 5 rings (SSSR count). The van der Waals surface area contributed by atoms with Crippen LogP contribution in [0.1, 0.15) is 15.1 Å². The molecule has 0 atom stereocenters. The molecule has 0 aliphatic heterocycles. The number of rotatable bonds is 2. The van der Waals surface area contributed by atoms with Crippen LogP contribution in [0, 0.1) is 0 Å². The molecule has 1 heterocycles. The van der Waals surface area contributed by atoms with Crippen molar-refractivity contribution in [2.75, 3.05) is 0 Å². The Hall–Kier alpha value is -2.84. The van der Waals surface area contributed by atoms with Crippen LogP contribution >= 0.6 is 15.9 Å². The maximum atomic E-state index is 9.12. The second-order valence-electron chi connectivity index (χ2n) is 5.56. The van der Waals surface area contributed by atoms with Gasteiger partial charge in [-0.2, -0.15) is 0 Å². The number of para-hydroxylation sites is 1. The fourth-order valence-corrected chi connectivity index (χ4v) is 3.19. The van der Waals surface area contributed by atoms with E-state index in [0.717, 1.165) is 4.57 Å². The summed E-state index contributed by atoms with van der Waals surface area (Å²) in [4.78, 5) is 0. The summed E-state index contributed by atoms with van der Waals surface area (Å²) in [6, 6.07) is 3.47. The second kappa shape index (κ2) is 6.15. The smallest absolute Gasteiger partial charge is 0.0657 e. The summed E-state index contributed by atoms with van der Waals surface area (Å²) in [6.45, 7) is 0. The van der Waals surface area contributed by atoms with Gasteiger partial charge in [0.15, 0.2) is 0 Å². The maximum Gasteiger partial charge on any atom is 0.0657 e. The maximum absolute atomic E-state index is 9.12. The first kappa shape index (κ1) is 7.81. The van der Waals surface area contributed by atoms with Crippen molar-refractivity contribution >= 4 is 37.7 Å². The molecule has 0 saturated heterocycles. The van der Waals surface area contributed by atoms with E-state index in [2.05, 4.69) is 15.9 Å². The average Bonchev–Trinajstić information content (AvgIpc) is 3.24. The zero-order chi connectivity index (χ0) is 27.1. The first-order chi connectivity index (χ1) is 17.4. The SMILES string of the molecule is [2H]c1c([2H])c([2H])c(-n2c3c([2H])c(Br)c([2H])c([2H])c3c3c([2H])c([2H])c(-c4ccccc4)c([2H])c32)c([2H])c1[2H]. The summed E-state index contributed by atoms with van der Waals surface area (Å²) in [6.07, 6.45) is 0. The van der Waals surface area contributed by atoms with Gasteiger partial charge in [0.05, 0.1) is 26.1 Å². The molecule has 0 fully saturated rings. The van der Waals surface area contributed by atoms with E-state index in [-0.39, 0.29) is 73.8 Å². The summed E-state index contributed by atoms with van der Waals surface area (Å²) in [7, 11) is 0. The highest BCUT2D eigenvalue weighted by Gasteiger charge is 2.13. The highest BCUT2D eigenvalue weighted by Crippen LogP contribution is 2.35. The molecule has 0 unspecified atom stereocenters. The Morgan fingerprint density at radius 2 is 1.38 bits per heavy atom. The molecule has 0 aliphatic rings. The molecule has 1 aromatic heterocycles. The van der Waals surface area contributed by atoms with Crippen LogP contribution in [-0.4, -0.2) is 4.57 Å². The molecule has 0 amide bonds. The molecular formula is C24H16BrN. The van der Waals surface area contributed by atoms with Gasteiger partial charge in [0, 0.05) is 20.9 Å². The zero-order valence-corrected chi connectivity index (χ0v) is 14.8. The zero-order valence-electron chi connectivity index (χ0n) is 24.2. The highest BCUT2D eigenvalue weighted by molar-refractivity contribution is 9.10. The summed E-state index contributed by atoms with van der Waals surface area (Å²) in [5, 5.41) is -0.150. The van der Waals surface area contributed by atoms with Crippen molar-refractivity contribution < 1.29 is 15.1 Å². The molecule has 0 bridgehead atoms. The van der Waals surface area contributed by atoms with Gasteiger partial charge in [-0.05, 0) is 41.3 Å². The van der Waals surface area contributed by atoms with Gasteiger partial charge in [0.2, 0.25) is 0 Å². The third kappa shape index (κ3) is 2.46. The Labute approximate surface area is 176 Å². The lowest BCUT2D eigenvalue weighted by atomic mass is 10.0. The van der Waals surface area contributed by atoms with E-state index in [1.165, 1.54) is 0 Å². The van der Waals surface area contributed by atoms with Gasteiger partial charge in [-0.1, -0.05) is 82.5 Å². The third-order valence-corrected chi connectivity index (χ3v) is 4.42. The number of hydrogen-bond donors (Lipinski definition) is 0. The van der Waals surface area contributed by atoms with Gasteiger partial charge < -0.3 is 4.57 Å². The molecule has 0 saturated carbocycles. The fraction of sp³-hybridized carbons (Fsp3) is 0.